The highest BCUT2D eigenvalue weighted by Gasteiger charge is 2.47. The molecule has 0 radical (unpaired) electrons. The zero-order valence-corrected chi connectivity index (χ0v) is 19.7. The van der Waals surface area contributed by atoms with Gasteiger partial charge in [0.25, 0.3) is 11.7 Å². The first-order valence-electron chi connectivity index (χ1n) is 11.6. The fourth-order valence-electron chi connectivity index (χ4n) is 4.83. The molecule has 0 aliphatic carbocycles. The van der Waals surface area contributed by atoms with E-state index in [2.05, 4.69) is 4.90 Å². The van der Waals surface area contributed by atoms with Gasteiger partial charge in [0.05, 0.1) is 11.6 Å². The number of benzene rings is 3. The summed E-state index contributed by atoms with van der Waals surface area (Å²) in [7, 11) is 0. The van der Waals surface area contributed by atoms with Crippen molar-refractivity contribution in [3.8, 4) is 0 Å². The van der Waals surface area contributed by atoms with Crippen molar-refractivity contribution in [1.29, 1.82) is 0 Å². The molecule has 1 amide bonds. The first kappa shape index (κ1) is 23.1. The maximum absolute atomic E-state index is 14.2. The Bertz CT molecular complexity index is 1300. The van der Waals surface area contributed by atoms with Crippen LogP contribution in [0.3, 0.4) is 0 Å². The molecule has 3 aromatic carbocycles. The van der Waals surface area contributed by atoms with Gasteiger partial charge in [-0.3, -0.25) is 14.5 Å². The Labute approximate surface area is 208 Å². The van der Waals surface area contributed by atoms with E-state index in [1.54, 1.807) is 42.5 Å². The van der Waals surface area contributed by atoms with Crippen LogP contribution < -0.4 is 9.80 Å². The summed E-state index contributed by atoms with van der Waals surface area (Å²) in [6.45, 7) is 1.96. The highest BCUT2D eigenvalue weighted by molar-refractivity contribution is 6.51. The normalized spacial score (nSPS) is 19.9. The van der Waals surface area contributed by atoms with Gasteiger partial charge in [-0.15, -0.1) is 0 Å². The molecule has 1 unspecified atom stereocenters. The molecule has 0 bridgehead atoms. The van der Waals surface area contributed by atoms with Gasteiger partial charge < -0.3 is 10.0 Å². The second kappa shape index (κ2) is 9.55. The topological polar surface area (TPSA) is 60.9 Å². The summed E-state index contributed by atoms with van der Waals surface area (Å²) < 4.78 is 14.2. The van der Waals surface area contributed by atoms with Gasteiger partial charge in [0.15, 0.2) is 0 Å². The first-order valence-corrected chi connectivity index (χ1v) is 12.0. The summed E-state index contributed by atoms with van der Waals surface area (Å²) in [5.74, 6) is -2.44. The van der Waals surface area contributed by atoms with Crippen LogP contribution in [0.2, 0.25) is 5.02 Å². The highest BCUT2D eigenvalue weighted by Crippen LogP contribution is 2.42. The van der Waals surface area contributed by atoms with Crippen LogP contribution >= 0.6 is 11.6 Å². The summed E-state index contributed by atoms with van der Waals surface area (Å²) in [5, 5.41) is 11.6. The molecule has 0 saturated carbocycles. The number of carbonyl (C=O) groups is 2. The Morgan fingerprint density at radius 1 is 0.886 bits per heavy atom. The Morgan fingerprint density at radius 2 is 1.54 bits per heavy atom. The van der Waals surface area contributed by atoms with Gasteiger partial charge in [-0.25, -0.2) is 4.39 Å². The van der Waals surface area contributed by atoms with Crippen LogP contribution in [0.25, 0.3) is 5.76 Å². The predicted octanol–water partition coefficient (Wildman–Crippen LogP) is 6.10. The lowest BCUT2D eigenvalue weighted by molar-refractivity contribution is -0.132. The SMILES string of the molecule is O=C1C(=O)N(c2ccc(N3CCCCC3)cc2)C(c2cccc(F)c2)/C1=C(\O)c1ccc(Cl)cc1. The summed E-state index contributed by atoms with van der Waals surface area (Å²) in [5.41, 5.74) is 2.18. The molecule has 5 rings (SSSR count). The average Bonchev–Trinajstić information content (AvgIpc) is 3.15. The van der Waals surface area contributed by atoms with Crippen molar-refractivity contribution in [2.45, 2.75) is 25.3 Å². The number of anilines is 2. The maximum Gasteiger partial charge on any atom is 0.300 e. The molecule has 2 aliphatic heterocycles. The number of rotatable bonds is 4. The molecular weight excluding hydrogens is 467 g/mol. The number of nitrogens with zero attached hydrogens (tertiary/aromatic N) is 2. The zero-order valence-electron chi connectivity index (χ0n) is 19.0. The quantitative estimate of drug-likeness (QED) is 0.273. The average molecular weight is 491 g/mol. The van der Waals surface area contributed by atoms with E-state index >= 15 is 0 Å². The lowest BCUT2D eigenvalue weighted by atomic mass is 9.95. The van der Waals surface area contributed by atoms with E-state index < -0.39 is 23.5 Å². The Balaban J connectivity index is 1.61. The molecule has 1 N–H and O–H groups in total. The second-order valence-corrected chi connectivity index (χ2v) is 9.23. The molecule has 3 aromatic rings. The minimum absolute atomic E-state index is 0.0944. The van der Waals surface area contributed by atoms with Crippen LogP contribution in [0.5, 0.6) is 0 Å². The molecule has 5 nitrogen and oxygen atoms in total. The Kier molecular flexibility index (Phi) is 6.31. The predicted molar refractivity (Wildman–Crippen MR) is 135 cm³/mol. The number of aliphatic hydroxyl groups excluding tert-OH is 1. The largest absolute Gasteiger partial charge is 0.507 e. The maximum atomic E-state index is 14.2. The summed E-state index contributed by atoms with van der Waals surface area (Å²) in [6, 6.07) is 18.5. The van der Waals surface area contributed by atoms with E-state index in [9.17, 15) is 19.1 Å². The van der Waals surface area contributed by atoms with E-state index in [4.69, 9.17) is 11.6 Å². The van der Waals surface area contributed by atoms with Crippen molar-refractivity contribution in [3.05, 3.63) is 100 Å². The Morgan fingerprint density at radius 3 is 2.20 bits per heavy atom. The standard InChI is InChI=1S/C28H24ClFN2O3/c29-20-9-7-18(8-10-20)26(33)24-25(19-5-4-6-21(30)17-19)32(28(35)27(24)34)23-13-11-22(12-14-23)31-15-2-1-3-16-31/h4-14,17,25,33H,1-3,15-16H2/b26-24+. The van der Waals surface area contributed by atoms with Crippen molar-refractivity contribution in [2.75, 3.05) is 22.9 Å². The van der Waals surface area contributed by atoms with Gasteiger partial charge in [0.1, 0.15) is 11.6 Å². The molecule has 35 heavy (non-hydrogen) atoms. The highest BCUT2D eigenvalue weighted by atomic mass is 35.5. The number of amides is 1. The number of piperidine rings is 1. The van der Waals surface area contributed by atoms with E-state index in [1.165, 1.54) is 29.5 Å². The molecule has 7 heteroatoms. The van der Waals surface area contributed by atoms with E-state index in [1.807, 2.05) is 12.1 Å². The third kappa shape index (κ3) is 4.42. The van der Waals surface area contributed by atoms with Gasteiger partial charge >= 0.3 is 0 Å². The second-order valence-electron chi connectivity index (χ2n) is 8.80. The number of aliphatic hydroxyl groups is 1. The van der Waals surface area contributed by atoms with Crippen molar-refractivity contribution < 1.29 is 19.1 Å². The molecule has 0 aromatic heterocycles. The molecule has 178 valence electrons. The minimum Gasteiger partial charge on any atom is -0.507 e. The van der Waals surface area contributed by atoms with Crippen molar-refractivity contribution >= 4 is 40.4 Å². The third-order valence-corrected chi connectivity index (χ3v) is 6.83. The molecule has 2 fully saturated rings. The van der Waals surface area contributed by atoms with Crippen molar-refractivity contribution in [3.63, 3.8) is 0 Å². The summed E-state index contributed by atoms with van der Waals surface area (Å²) in [4.78, 5) is 30.1. The number of Topliss-reactive ketones (excluding diaryl/α,β-unsaturated/α-hetero) is 1. The van der Waals surface area contributed by atoms with E-state index in [0.717, 1.165) is 31.6 Å². The van der Waals surface area contributed by atoms with Crippen LogP contribution in [-0.4, -0.2) is 29.9 Å². The van der Waals surface area contributed by atoms with Gasteiger partial charge in [-0.05, 0) is 85.5 Å². The van der Waals surface area contributed by atoms with E-state index in [-0.39, 0.29) is 11.3 Å². The van der Waals surface area contributed by atoms with Crippen molar-refractivity contribution in [2.24, 2.45) is 0 Å². The molecule has 2 heterocycles. The number of hydrogen-bond donors (Lipinski definition) is 1. The molecule has 1 atom stereocenters. The third-order valence-electron chi connectivity index (χ3n) is 6.58. The lowest BCUT2D eigenvalue weighted by Crippen LogP contribution is -2.30. The Hall–Kier alpha value is -3.64. The minimum atomic E-state index is -0.984. The number of carbonyl (C=O) groups excluding carboxylic acids is 2. The van der Waals surface area contributed by atoms with Crippen LogP contribution in [-0.2, 0) is 9.59 Å². The van der Waals surface area contributed by atoms with Crippen LogP contribution in [0.4, 0.5) is 15.8 Å². The van der Waals surface area contributed by atoms with Gasteiger partial charge in [-0.2, -0.15) is 0 Å². The number of ketones is 1. The van der Waals surface area contributed by atoms with Crippen LogP contribution in [0.1, 0.15) is 36.4 Å². The molecule has 0 spiro atoms. The number of hydrogen-bond acceptors (Lipinski definition) is 4. The smallest absolute Gasteiger partial charge is 0.300 e. The van der Waals surface area contributed by atoms with Gasteiger partial charge in [-0.1, -0.05) is 23.7 Å². The fraction of sp³-hybridized carbons (Fsp3) is 0.214. The lowest BCUT2D eigenvalue weighted by Gasteiger charge is -2.30. The van der Waals surface area contributed by atoms with Crippen LogP contribution in [0.15, 0.2) is 78.4 Å². The summed E-state index contributed by atoms with van der Waals surface area (Å²) in [6.07, 6.45) is 3.50. The first-order chi connectivity index (χ1) is 16.9. The van der Waals surface area contributed by atoms with Crippen LogP contribution in [0, 0.1) is 5.82 Å². The van der Waals surface area contributed by atoms with Gasteiger partial charge in [0, 0.05) is 35.1 Å². The number of halogens is 2. The monoisotopic (exact) mass is 490 g/mol. The summed E-state index contributed by atoms with van der Waals surface area (Å²) >= 11 is 5.97. The molecular formula is C28H24ClFN2O3. The molecule has 2 saturated heterocycles. The molecule has 2 aliphatic rings. The zero-order chi connectivity index (χ0) is 24.5. The fourth-order valence-corrected chi connectivity index (χ4v) is 4.96. The van der Waals surface area contributed by atoms with Gasteiger partial charge in [0.2, 0.25) is 0 Å². The van der Waals surface area contributed by atoms with Crippen molar-refractivity contribution in [1.82, 2.24) is 0 Å². The van der Waals surface area contributed by atoms with E-state index in [0.29, 0.717) is 21.8 Å².